The highest BCUT2D eigenvalue weighted by molar-refractivity contribution is 9.07. The van der Waals surface area contributed by atoms with Gasteiger partial charge in [0.25, 0.3) is 0 Å². The van der Waals surface area contributed by atoms with Gasteiger partial charge in [0.15, 0.2) is 11.5 Å². The van der Waals surface area contributed by atoms with E-state index in [2.05, 4.69) is 16.1 Å². The number of benzene rings is 1. The molecule has 1 aliphatic rings. The molecule has 0 fully saturated rings. The Morgan fingerprint density at radius 1 is 1.08 bits per heavy atom. The van der Waals surface area contributed by atoms with E-state index in [0.29, 0.717) is 0 Å². The van der Waals surface area contributed by atoms with Crippen LogP contribution < -0.4 is 0 Å². The molecule has 0 saturated heterocycles. The van der Waals surface area contributed by atoms with Crippen molar-refractivity contribution < 1.29 is 10.2 Å². The Morgan fingerprint density at radius 3 is 1.92 bits per heavy atom. The Morgan fingerprint density at radius 2 is 1.50 bits per heavy atom. The largest absolute Gasteiger partial charge is 0.504 e. The first-order valence-corrected chi connectivity index (χ1v) is 4.32. The summed E-state index contributed by atoms with van der Waals surface area (Å²) in [5, 5.41) is 18.4. The van der Waals surface area contributed by atoms with Crippen LogP contribution in [0.2, 0.25) is 0 Å². The van der Waals surface area contributed by atoms with Crippen molar-refractivity contribution in [1.29, 1.82) is 0 Å². The Hall–Kier alpha value is -0.740. The van der Waals surface area contributed by atoms with Crippen LogP contribution in [0.25, 0.3) is 0 Å². The molecular formula is C8H8BrNO2. The minimum atomic E-state index is -0.0449. The number of halogens is 1. The van der Waals surface area contributed by atoms with Crippen LogP contribution in [0.4, 0.5) is 0 Å². The summed E-state index contributed by atoms with van der Waals surface area (Å²) in [6.07, 6.45) is 0. The van der Waals surface area contributed by atoms with Gasteiger partial charge in [-0.25, -0.2) is 3.93 Å². The molecule has 1 aromatic carbocycles. The lowest BCUT2D eigenvalue weighted by atomic mass is 10.1. The summed E-state index contributed by atoms with van der Waals surface area (Å²) >= 11 is 3.34. The van der Waals surface area contributed by atoms with Gasteiger partial charge in [-0.1, -0.05) is 0 Å². The maximum Gasteiger partial charge on any atom is 0.157 e. The second kappa shape index (κ2) is 2.64. The van der Waals surface area contributed by atoms with Crippen LogP contribution in [0, 0.1) is 0 Å². The third-order valence-electron chi connectivity index (χ3n) is 1.98. The van der Waals surface area contributed by atoms with Gasteiger partial charge < -0.3 is 10.2 Å². The topological polar surface area (TPSA) is 43.7 Å². The Balaban J connectivity index is 2.48. The van der Waals surface area contributed by atoms with Crippen LogP contribution in [-0.4, -0.2) is 14.1 Å². The van der Waals surface area contributed by atoms with Crippen molar-refractivity contribution in [2.45, 2.75) is 13.1 Å². The molecule has 0 bridgehead atoms. The minimum Gasteiger partial charge on any atom is -0.504 e. The maximum atomic E-state index is 9.19. The van der Waals surface area contributed by atoms with Crippen molar-refractivity contribution in [3.63, 3.8) is 0 Å². The summed E-state index contributed by atoms with van der Waals surface area (Å²) in [7, 11) is 0. The number of hydrogen-bond donors (Lipinski definition) is 2. The van der Waals surface area contributed by atoms with Crippen molar-refractivity contribution in [2.24, 2.45) is 0 Å². The second-order valence-electron chi connectivity index (χ2n) is 2.89. The monoisotopic (exact) mass is 229 g/mol. The maximum absolute atomic E-state index is 9.19. The smallest absolute Gasteiger partial charge is 0.157 e. The molecule has 3 nitrogen and oxygen atoms in total. The minimum absolute atomic E-state index is 0.0449. The third kappa shape index (κ3) is 1.17. The fourth-order valence-electron chi connectivity index (χ4n) is 1.38. The lowest BCUT2D eigenvalue weighted by molar-refractivity contribution is 0.403. The van der Waals surface area contributed by atoms with Gasteiger partial charge in [-0.05, 0) is 23.3 Å². The molecule has 4 heteroatoms. The van der Waals surface area contributed by atoms with Crippen LogP contribution in [0.5, 0.6) is 11.5 Å². The molecule has 1 aromatic rings. The van der Waals surface area contributed by atoms with Gasteiger partial charge in [0.2, 0.25) is 0 Å². The number of hydrogen-bond acceptors (Lipinski definition) is 3. The van der Waals surface area contributed by atoms with Gasteiger partial charge in [0, 0.05) is 29.2 Å². The summed E-state index contributed by atoms with van der Waals surface area (Å²) in [6.45, 7) is 1.53. The van der Waals surface area contributed by atoms with Crippen molar-refractivity contribution >= 4 is 16.1 Å². The highest BCUT2D eigenvalue weighted by Crippen LogP contribution is 2.34. The van der Waals surface area contributed by atoms with Crippen molar-refractivity contribution in [3.05, 3.63) is 23.3 Å². The molecule has 0 aliphatic carbocycles. The van der Waals surface area contributed by atoms with Crippen molar-refractivity contribution in [2.75, 3.05) is 0 Å². The van der Waals surface area contributed by atoms with Gasteiger partial charge in [-0.2, -0.15) is 0 Å². The zero-order valence-corrected chi connectivity index (χ0v) is 7.87. The lowest BCUT2D eigenvalue weighted by Gasteiger charge is -2.00. The number of aromatic hydroxyl groups is 2. The van der Waals surface area contributed by atoms with E-state index in [4.69, 9.17) is 0 Å². The molecular weight excluding hydrogens is 222 g/mol. The molecule has 0 amide bonds. The summed E-state index contributed by atoms with van der Waals surface area (Å²) in [5.41, 5.74) is 2.12. The second-order valence-corrected chi connectivity index (χ2v) is 3.89. The van der Waals surface area contributed by atoms with E-state index in [1.54, 1.807) is 12.1 Å². The molecule has 0 radical (unpaired) electrons. The van der Waals surface area contributed by atoms with E-state index >= 15 is 0 Å². The molecule has 2 N–H and O–H groups in total. The van der Waals surface area contributed by atoms with E-state index in [1.165, 1.54) is 0 Å². The summed E-state index contributed by atoms with van der Waals surface area (Å²) in [5.74, 6) is -0.0897. The molecule has 64 valence electrons. The number of rotatable bonds is 0. The van der Waals surface area contributed by atoms with Gasteiger partial charge in [0.05, 0.1) is 0 Å². The fourth-order valence-corrected chi connectivity index (χ4v) is 1.92. The summed E-state index contributed by atoms with van der Waals surface area (Å²) in [6, 6.07) is 3.21. The Bertz CT molecular complexity index is 296. The summed E-state index contributed by atoms with van der Waals surface area (Å²) < 4.78 is 1.94. The van der Waals surface area contributed by atoms with Crippen LogP contribution in [-0.2, 0) is 13.1 Å². The van der Waals surface area contributed by atoms with Gasteiger partial charge in [-0.3, -0.25) is 0 Å². The molecule has 0 aromatic heterocycles. The van der Waals surface area contributed by atoms with Gasteiger partial charge >= 0.3 is 0 Å². The van der Waals surface area contributed by atoms with Gasteiger partial charge in [-0.15, -0.1) is 0 Å². The van der Waals surface area contributed by atoms with E-state index in [0.717, 1.165) is 24.2 Å². The first-order valence-electron chi connectivity index (χ1n) is 3.61. The van der Waals surface area contributed by atoms with Gasteiger partial charge in [0.1, 0.15) is 0 Å². The predicted molar refractivity (Wildman–Crippen MR) is 47.9 cm³/mol. The van der Waals surface area contributed by atoms with E-state index in [9.17, 15) is 10.2 Å². The molecule has 1 heterocycles. The molecule has 0 saturated carbocycles. The molecule has 2 rings (SSSR count). The van der Waals surface area contributed by atoms with Crippen LogP contribution in [0.3, 0.4) is 0 Å². The van der Waals surface area contributed by atoms with Crippen molar-refractivity contribution in [1.82, 2.24) is 3.93 Å². The van der Waals surface area contributed by atoms with Crippen LogP contribution in [0.15, 0.2) is 12.1 Å². The van der Waals surface area contributed by atoms with E-state index in [-0.39, 0.29) is 11.5 Å². The van der Waals surface area contributed by atoms with E-state index in [1.807, 2.05) is 3.93 Å². The van der Waals surface area contributed by atoms with Crippen LogP contribution in [0.1, 0.15) is 11.1 Å². The Kier molecular flexibility index (Phi) is 1.73. The number of fused-ring (bicyclic) bond motifs is 1. The zero-order chi connectivity index (χ0) is 8.72. The number of phenolic OH excluding ortho intramolecular Hbond substituents is 2. The zero-order valence-electron chi connectivity index (χ0n) is 6.29. The Labute approximate surface area is 78.6 Å². The number of nitrogens with zero attached hydrogens (tertiary/aromatic N) is 1. The van der Waals surface area contributed by atoms with E-state index < -0.39 is 0 Å². The average molecular weight is 230 g/mol. The highest BCUT2D eigenvalue weighted by Gasteiger charge is 2.18. The third-order valence-corrected chi connectivity index (χ3v) is 2.48. The highest BCUT2D eigenvalue weighted by atomic mass is 79.9. The molecule has 1 aliphatic heterocycles. The molecule has 12 heavy (non-hydrogen) atoms. The number of phenols is 2. The first-order chi connectivity index (χ1) is 5.66. The molecule has 0 unspecified atom stereocenters. The van der Waals surface area contributed by atoms with Crippen molar-refractivity contribution in [3.8, 4) is 11.5 Å². The molecule has 0 atom stereocenters. The van der Waals surface area contributed by atoms with Crippen LogP contribution >= 0.6 is 16.1 Å². The lowest BCUT2D eigenvalue weighted by Crippen LogP contribution is -1.97. The SMILES string of the molecule is Oc1cc2c(cc1O)CN(Br)C2. The quantitative estimate of drug-likeness (QED) is 0.526. The predicted octanol–water partition coefficient (Wildman–Crippen LogP) is 1.72. The standard InChI is InChI=1S/C8H8BrNO2/c9-10-3-5-1-7(11)8(12)2-6(5)4-10/h1-2,11-12H,3-4H2. The fraction of sp³-hybridized carbons (Fsp3) is 0.250. The summed E-state index contributed by atoms with van der Waals surface area (Å²) in [4.78, 5) is 0. The first kappa shape index (κ1) is 7.89. The average Bonchev–Trinajstić information content (AvgIpc) is 2.30. The molecule has 0 spiro atoms. The normalized spacial score (nSPS) is 16.4.